The molecule has 3 N–H and O–H groups in total. The zero-order valence-corrected chi connectivity index (χ0v) is 10.8. The van der Waals surface area contributed by atoms with Crippen molar-refractivity contribution >= 4 is 11.6 Å². The van der Waals surface area contributed by atoms with Crippen LogP contribution in [0.15, 0.2) is 54.6 Å². The number of nitrogens with two attached hydrogens (primary N) is 1. The molecule has 96 valence electrons. The summed E-state index contributed by atoms with van der Waals surface area (Å²) in [6.45, 7) is 1.86. The lowest BCUT2D eigenvalue weighted by Crippen LogP contribution is -2.18. The second-order valence-corrected chi connectivity index (χ2v) is 4.50. The van der Waals surface area contributed by atoms with Crippen molar-refractivity contribution in [3.8, 4) is 0 Å². The molecule has 0 radical (unpaired) electrons. The Hall–Kier alpha value is -2.42. The molecule has 0 heterocycles. The predicted octanol–water partition coefficient (Wildman–Crippen LogP) is 2.96. The van der Waals surface area contributed by atoms with Crippen molar-refractivity contribution in [1.29, 1.82) is 5.41 Å². The van der Waals surface area contributed by atoms with E-state index in [1.54, 1.807) is 24.3 Å². The molecule has 0 bridgehead atoms. The number of hydrogen-bond acceptors (Lipinski definition) is 2. The van der Waals surface area contributed by atoms with E-state index in [2.05, 4.69) is 0 Å². The van der Waals surface area contributed by atoms with E-state index in [4.69, 9.17) is 11.1 Å². The molecule has 2 aromatic rings. The van der Waals surface area contributed by atoms with Crippen LogP contribution in [-0.2, 0) is 0 Å². The van der Waals surface area contributed by atoms with Crippen molar-refractivity contribution in [1.82, 2.24) is 0 Å². The molecule has 3 nitrogen and oxygen atoms in total. The van der Waals surface area contributed by atoms with Crippen LogP contribution in [0.2, 0.25) is 0 Å². The van der Waals surface area contributed by atoms with Gasteiger partial charge in [-0.25, -0.2) is 0 Å². The maximum Gasteiger partial charge on any atom is 0.193 e. The summed E-state index contributed by atoms with van der Waals surface area (Å²) in [4.78, 5) is 12.3. The van der Waals surface area contributed by atoms with E-state index in [1.807, 2.05) is 37.3 Å². The predicted molar refractivity (Wildman–Crippen MR) is 76.6 cm³/mol. The molecule has 0 saturated heterocycles. The largest absolute Gasteiger partial charge is 0.387 e. The normalized spacial score (nSPS) is 11.8. The van der Waals surface area contributed by atoms with Gasteiger partial charge in [0, 0.05) is 17.0 Å². The number of benzene rings is 2. The summed E-state index contributed by atoms with van der Waals surface area (Å²) in [6.07, 6.45) is 0. The SMILES string of the molecule is C[C@@H](C(=N)N)c1cccc(C(=O)c2ccccc2)c1. The van der Waals surface area contributed by atoms with E-state index < -0.39 is 0 Å². The van der Waals surface area contributed by atoms with Gasteiger partial charge in [0.05, 0.1) is 5.84 Å². The zero-order valence-electron chi connectivity index (χ0n) is 10.8. The highest BCUT2D eigenvalue weighted by Crippen LogP contribution is 2.18. The monoisotopic (exact) mass is 252 g/mol. The Balaban J connectivity index is 2.34. The molecular weight excluding hydrogens is 236 g/mol. The smallest absolute Gasteiger partial charge is 0.193 e. The summed E-state index contributed by atoms with van der Waals surface area (Å²) < 4.78 is 0. The van der Waals surface area contributed by atoms with Crippen molar-refractivity contribution in [2.45, 2.75) is 12.8 Å². The van der Waals surface area contributed by atoms with Gasteiger partial charge in [0.2, 0.25) is 0 Å². The molecule has 0 unspecified atom stereocenters. The first-order valence-corrected chi connectivity index (χ1v) is 6.13. The van der Waals surface area contributed by atoms with E-state index in [1.165, 1.54) is 0 Å². The van der Waals surface area contributed by atoms with Crippen LogP contribution in [0.5, 0.6) is 0 Å². The molecule has 0 amide bonds. The Morgan fingerprint density at radius 2 is 1.68 bits per heavy atom. The molecule has 19 heavy (non-hydrogen) atoms. The lowest BCUT2D eigenvalue weighted by atomic mass is 9.95. The summed E-state index contributed by atoms with van der Waals surface area (Å²) in [5.41, 5.74) is 7.67. The maximum absolute atomic E-state index is 12.3. The fourth-order valence-electron chi connectivity index (χ4n) is 1.88. The minimum atomic E-state index is -0.177. The third kappa shape index (κ3) is 2.88. The van der Waals surface area contributed by atoms with Gasteiger partial charge in [-0.05, 0) is 11.6 Å². The molecule has 1 atom stereocenters. The van der Waals surface area contributed by atoms with Crippen molar-refractivity contribution in [3.63, 3.8) is 0 Å². The van der Waals surface area contributed by atoms with Crippen LogP contribution in [0.4, 0.5) is 0 Å². The fraction of sp³-hybridized carbons (Fsp3) is 0.125. The second kappa shape index (κ2) is 5.48. The number of carbonyl (C=O) groups excluding carboxylic acids is 1. The molecule has 0 aliphatic carbocycles. The van der Waals surface area contributed by atoms with E-state index >= 15 is 0 Å². The second-order valence-electron chi connectivity index (χ2n) is 4.50. The quantitative estimate of drug-likeness (QED) is 0.499. The highest BCUT2D eigenvalue weighted by atomic mass is 16.1. The van der Waals surface area contributed by atoms with Gasteiger partial charge in [0.1, 0.15) is 0 Å². The highest BCUT2D eigenvalue weighted by molar-refractivity contribution is 6.09. The molecular formula is C16H16N2O. The van der Waals surface area contributed by atoms with Crippen LogP contribution in [0.25, 0.3) is 0 Å². The fourth-order valence-corrected chi connectivity index (χ4v) is 1.88. The Morgan fingerprint density at radius 3 is 2.32 bits per heavy atom. The van der Waals surface area contributed by atoms with E-state index in [-0.39, 0.29) is 17.5 Å². The van der Waals surface area contributed by atoms with Crippen LogP contribution in [0, 0.1) is 5.41 Å². The van der Waals surface area contributed by atoms with Crippen LogP contribution in [0.3, 0.4) is 0 Å². The minimum Gasteiger partial charge on any atom is -0.387 e. The van der Waals surface area contributed by atoms with Gasteiger partial charge in [0.15, 0.2) is 5.78 Å². The average molecular weight is 252 g/mol. The van der Waals surface area contributed by atoms with Gasteiger partial charge in [-0.2, -0.15) is 0 Å². The first kappa shape index (κ1) is 13.0. The van der Waals surface area contributed by atoms with Crippen LogP contribution in [-0.4, -0.2) is 11.6 Å². The lowest BCUT2D eigenvalue weighted by molar-refractivity contribution is 0.103. The molecule has 2 rings (SSSR count). The Labute approximate surface area is 112 Å². The van der Waals surface area contributed by atoms with Crippen molar-refractivity contribution in [2.75, 3.05) is 0 Å². The molecule has 0 aliphatic rings. The Kier molecular flexibility index (Phi) is 3.76. The summed E-state index contributed by atoms with van der Waals surface area (Å²) >= 11 is 0. The minimum absolute atomic E-state index is 0.0156. The third-order valence-corrected chi connectivity index (χ3v) is 3.15. The summed E-state index contributed by atoms with van der Waals surface area (Å²) in [7, 11) is 0. The van der Waals surface area contributed by atoms with Crippen LogP contribution >= 0.6 is 0 Å². The molecule has 0 spiro atoms. The molecule has 0 aromatic heterocycles. The van der Waals surface area contributed by atoms with Crippen molar-refractivity contribution < 1.29 is 4.79 Å². The van der Waals surface area contributed by atoms with Crippen molar-refractivity contribution in [2.24, 2.45) is 5.73 Å². The van der Waals surface area contributed by atoms with Gasteiger partial charge in [-0.3, -0.25) is 10.2 Å². The van der Waals surface area contributed by atoms with Crippen LogP contribution < -0.4 is 5.73 Å². The number of rotatable bonds is 4. The van der Waals surface area contributed by atoms with E-state index in [0.717, 1.165) is 5.56 Å². The number of hydrogen-bond donors (Lipinski definition) is 2. The average Bonchev–Trinajstić information content (AvgIpc) is 2.46. The first-order valence-electron chi connectivity index (χ1n) is 6.13. The van der Waals surface area contributed by atoms with Gasteiger partial charge >= 0.3 is 0 Å². The Morgan fingerprint density at radius 1 is 1.05 bits per heavy atom. The van der Waals surface area contributed by atoms with Gasteiger partial charge < -0.3 is 5.73 Å². The molecule has 3 heteroatoms. The summed E-state index contributed by atoms with van der Waals surface area (Å²) in [5.74, 6) is -0.0916. The number of nitrogens with one attached hydrogen (secondary N) is 1. The van der Waals surface area contributed by atoms with Gasteiger partial charge in [-0.15, -0.1) is 0 Å². The van der Waals surface area contributed by atoms with Gasteiger partial charge in [0.25, 0.3) is 0 Å². The number of amidine groups is 1. The van der Waals surface area contributed by atoms with Crippen molar-refractivity contribution in [3.05, 3.63) is 71.3 Å². The standard InChI is InChI=1S/C16H16N2O/c1-11(16(17)18)13-8-5-9-14(10-13)15(19)12-6-3-2-4-7-12/h2-11H,1H3,(H3,17,18)/t11-/m1/s1. The molecule has 0 fully saturated rings. The lowest BCUT2D eigenvalue weighted by Gasteiger charge is -2.11. The van der Waals surface area contributed by atoms with Crippen LogP contribution in [0.1, 0.15) is 34.3 Å². The summed E-state index contributed by atoms with van der Waals surface area (Å²) in [6, 6.07) is 16.5. The molecule has 0 aliphatic heterocycles. The van der Waals surface area contributed by atoms with E-state index in [9.17, 15) is 4.79 Å². The molecule has 2 aromatic carbocycles. The maximum atomic E-state index is 12.3. The molecule has 0 saturated carbocycles. The highest BCUT2D eigenvalue weighted by Gasteiger charge is 2.13. The van der Waals surface area contributed by atoms with E-state index in [0.29, 0.717) is 11.1 Å². The zero-order chi connectivity index (χ0) is 13.8. The topological polar surface area (TPSA) is 66.9 Å². The number of carbonyl (C=O) groups is 1. The third-order valence-electron chi connectivity index (χ3n) is 3.15. The number of ketones is 1. The first-order chi connectivity index (χ1) is 9.09. The summed E-state index contributed by atoms with van der Waals surface area (Å²) in [5, 5.41) is 7.47. The van der Waals surface area contributed by atoms with Gasteiger partial charge in [-0.1, -0.05) is 55.5 Å². The Bertz CT molecular complexity index is 605.